The summed E-state index contributed by atoms with van der Waals surface area (Å²) in [4.78, 5) is 3.99. The molecule has 6 heteroatoms. The SMILES string of the molecule is CCOc1cc(CNc2ncn[nH]2)ccc1OC. The number of ether oxygens (including phenoxy) is 2. The van der Waals surface area contributed by atoms with E-state index in [-0.39, 0.29) is 0 Å². The smallest absolute Gasteiger partial charge is 0.218 e. The first-order valence-corrected chi connectivity index (χ1v) is 5.72. The molecule has 0 amide bonds. The second kappa shape index (κ2) is 5.90. The average Bonchev–Trinajstić information content (AvgIpc) is 2.90. The minimum atomic E-state index is 0.606. The Morgan fingerprint density at radius 3 is 2.89 bits per heavy atom. The van der Waals surface area contributed by atoms with Crippen molar-refractivity contribution in [3.05, 3.63) is 30.1 Å². The van der Waals surface area contributed by atoms with Crippen LogP contribution in [0.3, 0.4) is 0 Å². The Morgan fingerprint density at radius 1 is 1.33 bits per heavy atom. The summed E-state index contributed by atoms with van der Waals surface area (Å²) in [6.07, 6.45) is 1.46. The van der Waals surface area contributed by atoms with Crippen molar-refractivity contribution in [3.8, 4) is 11.5 Å². The van der Waals surface area contributed by atoms with Crippen molar-refractivity contribution in [2.24, 2.45) is 0 Å². The monoisotopic (exact) mass is 248 g/mol. The van der Waals surface area contributed by atoms with Crippen LogP contribution in [-0.2, 0) is 6.54 Å². The summed E-state index contributed by atoms with van der Waals surface area (Å²) in [5.74, 6) is 2.13. The molecule has 2 rings (SSSR count). The molecule has 0 aliphatic rings. The molecule has 0 spiro atoms. The molecule has 2 N–H and O–H groups in total. The highest BCUT2D eigenvalue weighted by Gasteiger charge is 2.05. The second-order valence-electron chi connectivity index (χ2n) is 3.61. The fraction of sp³-hybridized carbons (Fsp3) is 0.333. The molecule has 0 atom stereocenters. The van der Waals surface area contributed by atoms with Crippen LogP contribution < -0.4 is 14.8 Å². The maximum absolute atomic E-state index is 5.52. The quantitative estimate of drug-likeness (QED) is 0.816. The number of anilines is 1. The number of methoxy groups -OCH3 is 1. The summed E-state index contributed by atoms with van der Waals surface area (Å²) in [5, 5.41) is 9.63. The van der Waals surface area contributed by atoms with Gasteiger partial charge in [0, 0.05) is 6.54 Å². The maximum Gasteiger partial charge on any atom is 0.218 e. The normalized spacial score (nSPS) is 10.1. The molecule has 0 fully saturated rings. The van der Waals surface area contributed by atoms with Gasteiger partial charge in [-0.05, 0) is 24.6 Å². The van der Waals surface area contributed by atoms with E-state index in [1.54, 1.807) is 7.11 Å². The van der Waals surface area contributed by atoms with Gasteiger partial charge in [-0.25, -0.2) is 10.1 Å². The highest BCUT2D eigenvalue weighted by atomic mass is 16.5. The van der Waals surface area contributed by atoms with Crippen molar-refractivity contribution >= 4 is 5.95 Å². The first kappa shape index (κ1) is 12.2. The Bertz CT molecular complexity index is 485. The zero-order valence-electron chi connectivity index (χ0n) is 10.4. The van der Waals surface area contributed by atoms with Gasteiger partial charge in [0.25, 0.3) is 0 Å². The van der Waals surface area contributed by atoms with E-state index >= 15 is 0 Å². The number of aromatic amines is 1. The predicted octanol–water partition coefficient (Wildman–Crippen LogP) is 1.82. The van der Waals surface area contributed by atoms with Crippen LogP contribution in [0.4, 0.5) is 5.95 Å². The molecule has 0 aliphatic heterocycles. The molecular formula is C12H16N4O2. The van der Waals surface area contributed by atoms with E-state index in [2.05, 4.69) is 20.5 Å². The van der Waals surface area contributed by atoms with Gasteiger partial charge in [-0.3, -0.25) is 0 Å². The third-order valence-corrected chi connectivity index (χ3v) is 2.40. The van der Waals surface area contributed by atoms with E-state index in [1.807, 2.05) is 25.1 Å². The Labute approximate surface area is 105 Å². The first-order valence-electron chi connectivity index (χ1n) is 5.72. The van der Waals surface area contributed by atoms with Gasteiger partial charge in [-0.1, -0.05) is 6.07 Å². The lowest BCUT2D eigenvalue weighted by Crippen LogP contribution is -2.02. The number of rotatable bonds is 6. The van der Waals surface area contributed by atoms with Crippen LogP contribution in [0.2, 0.25) is 0 Å². The Hall–Kier alpha value is -2.24. The molecule has 0 aliphatic carbocycles. The molecule has 1 aromatic heterocycles. The van der Waals surface area contributed by atoms with Gasteiger partial charge in [0.1, 0.15) is 6.33 Å². The lowest BCUT2D eigenvalue weighted by atomic mass is 10.2. The maximum atomic E-state index is 5.52. The van der Waals surface area contributed by atoms with Gasteiger partial charge in [0.15, 0.2) is 11.5 Å². The minimum absolute atomic E-state index is 0.606. The Morgan fingerprint density at radius 2 is 2.22 bits per heavy atom. The van der Waals surface area contributed by atoms with Crippen LogP contribution in [0.15, 0.2) is 24.5 Å². The molecule has 2 aromatic rings. The van der Waals surface area contributed by atoms with Crippen LogP contribution in [0.25, 0.3) is 0 Å². The van der Waals surface area contributed by atoms with Crippen LogP contribution in [0, 0.1) is 0 Å². The average molecular weight is 248 g/mol. The molecule has 96 valence electrons. The zero-order chi connectivity index (χ0) is 12.8. The van der Waals surface area contributed by atoms with Gasteiger partial charge >= 0.3 is 0 Å². The zero-order valence-corrected chi connectivity index (χ0v) is 10.4. The first-order chi connectivity index (χ1) is 8.83. The van der Waals surface area contributed by atoms with E-state index < -0.39 is 0 Å². The van der Waals surface area contributed by atoms with Crippen LogP contribution in [0.5, 0.6) is 11.5 Å². The van der Waals surface area contributed by atoms with Crippen LogP contribution in [0.1, 0.15) is 12.5 Å². The molecule has 6 nitrogen and oxygen atoms in total. The number of aromatic nitrogens is 3. The molecule has 0 bridgehead atoms. The topological polar surface area (TPSA) is 72.1 Å². The number of hydrogen-bond acceptors (Lipinski definition) is 5. The fourth-order valence-corrected chi connectivity index (χ4v) is 1.58. The van der Waals surface area contributed by atoms with Crippen LogP contribution in [-0.4, -0.2) is 28.9 Å². The van der Waals surface area contributed by atoms with E-state index in [1.165, 1.54) is 6.33 Å². The third kappa shape index (κ3) is 2.91. The van der Waals surface area contributed by atoms with Crippen molar-refractivity contribution in [1.82, 2.24) is 15.2 Å². The van der Waals surface area contributed by atoms with Crippen molar-refractivity contribution in [2.45, 2.75) is 13.5 Å². The number of nitrogens with zero attached hydrogens (tertiary/aromatic N) is 2. The minimum Gasteiger partial charge on any atom is -0.493 e. The Kier molecular flexibility index (Phi) is 4.01. The fourth-order valence-electron chi connectivity index (χ4n) is 1.58. The van der Waals surface area contributed by atoms with Crippen LogP contribution >= 0.6 is 0 Å². The van der Waals surface area contributed by atoms with Crippen molar-refractivity contribution in [1.29, 1.82) is 0 Å². The summed E-state index contributed by atoms with van der Waals surface area (Å²) < 4.78 is 10.7. The van der Waals surface area contributed by atoms with Gasteiger partial charge in [0.2, 0.25) is 5.95 Å². The van der Waals surface area contributed by atoms with Gasteiger partial charge in [-0.15, -0.1) is 0 Å². The third-order valence-electron chi connectivity index (χ3n) is 2.40. The molecule has 1 heterocycles. The largest absolute Gasteiger partial charge is 0.493 e. The van der Waals surface area contributed by atoms with E-state index in [0.29, 0.717) is 19.1 Å². The molecular weight excluding hydrogens is 232 g/mol. The van der Waals surface area contributed by atoms with E-state index in [0.717, 1.165) is 17.1 Å². The lowest BCUT2D eigenvalue weighted by Gasteiger charge is -2.11. The molecule has 0 saturated carbocycles. The highest BCUT2D eigenvalue weighted by molar-refractivity contribution is 5.43. The summed E-state index contributed by atoms with van der Waals surface area (Å²) in [7, 11) is 1.63. The van der Waals surface area contributed by atoms with Gasteiger partial charge < -0.3 is 14.8 Å². The number of H-pyrrole nitrogens is 1. The van der Waals surface area contributed by atoms with E-state index in [9.17, 15) is 0 Å². The van der Waals surface area contributed by atoms with Crippen molar-refractivity contribution in [2.75, 3.05) is 19.0 Å². The lowest BCUT2D eigenvalue weighted by molar-refractivity contribution is 0.310. The Balaban J connectivity index is 2.06. The molecule has 0 radical (unpaired) electrons. The summed E-state index contributed by atoms with van der Waals surface area (Å²) >= 11 is 0. The van der Waals surface area contributed by atoms with Crippen molar-refractivity contribution in [3.63, 3.8) is 0 Å². The van der Waals surface area contributed by atoms with Gasteiger partial charge in [-0.2, -0.15) is 5.10 Å². The molecule has 0 unspecified atom stereocenters. The standard InChI is InChI=1S/C12H16N4O2/c1-3-18-11-6-9(4-5-10(11)17-2)7-13-12-14-8-15-16-12/h4-6,8H,3,7H2,1-2H3,(H2,13,14,15,16). The summed E-state index contributed by atoms with van der Waals surface area (Å²) in [6.45, 7) is 3.19. The number of hydrogen-bond donors (Lipinski definition) is 2. The number of nitrogens with one attached hydrogen (secondary N) is 2. The van der Waals surface area contributed by atoms with Gasteiger partial charge in [0.05, 0.1) is 13.7 Å². The van der Waals surface area contributed by atoms with E-state index in [4.69, 9.17) is 9.47 Å². The second-order valence-corrected chi connectivity index (χ2v) is 3.61. The molecule has 18 heavy (non-hydrogen) atoms. The predicted molar refractivity (Wildman–Crippen MR) is 67.9 cm³/mol. The molecule has 1 aromatic carbocycles. The summed E-state index contributed by atoms with van der Waals surface area (Å²) in [5.41, 5.74) is 1.08. The summed E-state index contributed by atoms with van der Waals surface area (Å²) in [6, 6.07) is 5.82. The van der Waals surface area contributed by atoms with Crippen molar-refractivity contribution < 1.29 is 9.47 Å². The highest BCUT2D eigenvalue weighted by Crippen LogP contribution is 2.28. The number of benzene rings is 1. The molecule has 0 saturated heterocycles.